The molecule has 0 saturated carbocycles. The molecular weight excluding hydrogens is 191 g/mol. The Hall–Kier alpha value is -1.38. The number of anilines is 1. The zero-order chi connectivity index (χ0) is 10.7. The molecule has 0 aliphatic carbocycles. The molecule has 0 saturated heterocycles. The molecule has 15 heavy (non-hydrogen) atoms. The van der Waals surface area contributed by atoms with Crippen LogP contribution in [0.25, 0.3) is 0 Å². The van der Waals surface area contributed by atoms with Gasteiger partial charge < -0.3 is 5.32 Å². The molecule has 1 aromatic carbocycles. The largest absolute Gasteiger partial charge is 0.344 e. The van der Waals surface area contributed by atoms with E-state index in [1.54, 1.807) is 13.0 Å². The number of rotatable bonds is 1. The van der Waals surface area contributed by atoms with Crippen molar-refractivity contribution < 1.29 is 4.39 Å². The number of halogens is 1. The number of benzene rings is 1. The van der Waals surface area contributed by atoms with Gasteiger partial charge in [0.25, 0.3) is 0 Å². The van der Waals surface area contributed by atoms with Crippen molar-refractivity contribution in [3.8, 4) is 0 Å². The Balaban J connectivity index is 2.16. The monoisotopic (exact) mass is 206 g/mol. The van der Waals surface area contributed by atoms with Crippen molar-refractivity contribution in [2.75, 3.05) is 11.9 Å². The second-order valence-corrected chi connectivity index (χ2v) is 3.82. The molecular formula is C12H15FN2. The molecule has 1 heterocycles. The number of hydrogen-bond donors (Lipinski definition) is 1. The van der Waals surface area contributed by atoms with Gasteiger partial charge in [0.05, 0.1) is 0 Å². The van der Waals surface area contributed by atoms with E-state index in [0.717, 1.165) is 30.9 Å². The first kappa shape index (κ1) is 10.1. The van der Waals surface area contributed by atoms with E-state index in [1.807, 2.05) is 6.07 Å². The lowest BCUT2D eigenvalue weighted by Crippen LogP contribution is -2.16. The molecule has 0 bridgehead atoms. The van der Waals surface area contributed by atoms with Crippen molar-refractivity contribution in [1.82, 2.24) is 0 Å². The maximum atomic E-state index is 13.3. The topological polar surface area (TPSA) is 24.4 Å². The van der Waals surface area contributed by atoms with E-state index in [4.69, 9.17) is 0 Å². The Morgan fingerprint density at radius 1 is 1.33 bits per heavy atom. The first-order valence-electron chi connectivity index (χ1n) is 5.33. The molecule has 0 radical (unpaired) electrons. The Morgan fingerprint density at radius 2 is 2.20 bits per heavy atom. The summed E-state index contributed by atoms with van der Waals surface area (Å²) >= 11 is 0. The Kier molecular flexibility index (Phi) is 2.99. The zero-order valence-corrected chi connectivity index (χ0v) is 8.89. The third-order valence-electron chi connectivity index (χ3n) is 2.67. The third kappa shape index (κ3) is 2.35. The predicted octanol–water partition coefficient (Wildman–Crippen LogP) is 3.13. The fourth-order valence-electron chi connectivity index (χ4n) is 1.70. The van der Waals surface area contributed by atoms with E-state index in [2.05, 4.69) is 10.3 Å². The normalized spacial score (nSPS) is 16.0. The summed E-state index contributed by atoms with van der Waals surface area (Å²) in [6.45, 7) is 2.66. The number of hydrogen-bond acceptors (Lipinski definition) is 2. The van der Waals surface area contributed by atoms with Gasteiger partial charge in [0, 0.05) is 24.2 Å². The molecule has 1 N–H and O–H groups in total. The van der Waals surface area contributed by atoms with Crippen molar-refractivity contribution in [1.29, 1.82) is 0 Å². The highest BCUT2D eigenvalue weighted by Gasteiger charge is 2.08. The summed E-state index contributed by atoms with van der Waals surface area (Å²) in [5.41, 5.74) is 1.49. The van der Waals surface area contributed by atoms with E-state index >= 15 is 0 Å². The fraction of sp³-hybridized carbons (Fsp3) is 0.417. The number of aliphatic imine (C=N–C) groups is 1. The van der Waals surface area contributed by atoms with E-state index in [9.17, 15) is 4.39 Å². The highest BCUT2D eigenvalue weighted by atomic mass is 19.1. The van der Waals surface area contributed by atoms with Crippen LogP contribution in [0.3, 0.4) is 0 Å². The van der Waals surface area contributed by atoms with Gasteiger partial charge in [-0.3, -0.25) is 4.99 Å². The standard InChI is InChI=1S/C12H15FN2/c1-9-10(13)5-4-6-11(9)15-12-7-2-3-8-14-12/h4-6H,2-3,7-8H2,1H3,(H,14,15). The molecule has 1 aliphatic heterocycles. The quantitative estimate of drug-likeness (QED) is 0.750. The summed E-state index contributed by atoms with van der Waals surface area (Å²) < 4.78 is 13.3. The van der Waals surface area contributed by atoms with Gasteiger partial charge in [0.2, 0.25) is 0 Å². The molecule has 0 atom stereocenters. The first-order chi connectivity index (χ1) is 7.27. The van der Waals surface area contributed by atoms with Gasteiger partial charge in [-0.25, -0.2) is 4.39 Å². The number of nitrogens with one attached hydrogen (secondary N) is 1. The van der Waals surface area contributed by atoms with Crippen LogP contribution in [0.2, 0.25) is 0 Å². The maximum Gasteiger partial charge on any atom is 0.128 e. The zero-order valence-electron chi connectivity index (χ0n) is 8.89. The minimum atomic E-state index is -0.170. The Bertz CT molecular complexity index is 385. The number of nitrogens with zero attached hydrogens (tertiary/aromatic N) is 1. The second kappa shape index (κ2) is 4.43. The highest BCUT2D eigenvalue weighted by molar-refractivity contribution is 5.96. The van der Waals surface area contributed by atoms with Crippen molar-refractivity contribution >= 4 is 11.5 Å². The van der Waals surface area contributed by atoms with Crippen LogP contribution >= 0.6 is 0 Å². The van der Waals surface area contributed by atoms with Crippen LogP contribution in [-0.2, 0) is 0 Å². The molecule has 0 fully saturated rings. The molecule has 0 unspecified atom stereocenters. The SMILES string of the molecule is Cc1c(F)cccc1NC1=NCCCC1. The molecule has 80 valence electrons. The van der Waals surface area contributed by atoms with E-state index in [0.29, 0.717) is 5.56 Å². The molecule has 3 heteroatoms. The molecule has 2 rings (SSSR count). The summed E-state index contributed by atoms with van der Waals surface area (Å²) in [4.78, 5) is 4.38. The van der Waals surface area contributed by atoms with Crippen molar-refractivity contribution in [3.63, 3.8) is 0 Å². The lowest BCUT2D eigenvalue weighted by molar-refractivity contribution is 0.619. The van der Waals surface area contributed by atoms with Gasteiger partial charge in [0.15, 0.2) is 0 Å². The van der Waals surface area contributed by atoms with Crippen LogP contribution in [0, 0.1) is 12.7 Å². The van der Waals surface area contributed by atoms with Crippen LogP contribution in [-0.4, -0.2) is 12.4 Å². The lowest BCUT2D eigenvalue weighted by atomic mass is 10.1. The van der Waals surface area contributed by atoms with E-state index in [1.165, 1.54) is 12.5 Å². The van der Waals surface area contributed by atoms with Gasteiger partial charge in [-0.15, -0.1) is 0 Å². The third-order valence-corrected chi connectivity index (χ3v) is 2.67. The molecule has 0 amide bonds. The van der Waals surface area contributed by atoms with Gasteiger partial charge in [-0.2, -0.15) is 0 Å². The first-order valence-corrected chi connectivity index (χ1v) is 5.33. The summed E-state index contributed by atoms with van der Waals surface area (Å²) in [6.07, 6.45) is 3.30. The second-order valence-electron chi connectivity index (χ2n) is 3.82. The van der Waals surface area contributed by atoms with Crippen molar-refractivity contribution in [2.45, 2.75) is 26.2 Å². The average Bonchev–Trinajstić information content (AvgIpc) is 2.26. The lowest BCUT2D eigenvalue weighted by Gasteiger charge is -2.15. The van der Waals surface area contributed by atoms with Crippen molar-refractivity contribution in [2.24, 2.45) is 4.99 Å². The van der Waals surface area contributed by atoms with Crippen LogP contribution in [0.15, 0.2) is 23.2 Å². The predicted molar refractivity (Wildman–Crippen MR) is 60.9 cm³/mol. The fourth-order valence-corrected chi connectivity index (χ4v) is 1.70. The molecule has 1 aliphatic rings. The Morgan fingerprint density at radius 3 is 2.93 bits per heavy atom. The van der Waals surface area contributed by atoms with Crippen molar-refractivity contribution in [3.05, 3.63) is 29.6 Å². The van der Waals surface area contributed by atoms with Gasteiger partial charge in [0.1, 0.15) is 11.7 Å². The molecule has 1 aromatic rings. The average molecular weight is 206 g/mol. The van der Waals surface area contributed by atoms with E-state index in [-0.39, 0.29) is 5.82 Å². The molecule has 2 nitrogen and oxygen atoms in total. The smallest absolute Gasteiger partial charge is 0.128 e. The minimum absolute atomic E-state index is 0.170. The Labute approximate surface area is 89.2 Å². The summed E-state index contributed by atoms with van der Waals surface area (Å²) in [5.74, 6) is 0.811. The summed E-state index contributed by atoms with van der Waals surface area (Å²) in [6, 6.07) is 5.08. The minimum Gasteiger partial charge on any atom is -0.344 e. The van der Waals surface area contributed by atoms with Gasteiger partial charge in [-0.1, -0.05) is 6.07 Å². The molecule has 0 aromatic heterocycles. The highest BCUT2D eigenvalue weighted by Crippen LogP contribution is 2.19. The summed E-state index contributed by atoms with van der Waals surface area (Å²) in [7, 11) is 0. The van der Waals surface area contributed by atoms with E-state index < -0.39 is 0 Å². The van der Waals surface area contributed by atoms with Crippen LogP contribution in [0.5, 0.6) is 0 Å². The van der Waals surface area contributed by atoms with Crippen LogP contribution < -0.4 is 5.32 Å². The van der Waals surface area contributed by atoms with Gasteiger partial charge >= 0.3 is 0 Å². The number of amidine groups is 1. The molecule has 0 spiro atoms. The maximum absolute atomic E-state index is 13.3. The summed E-state index contributed by atoms with van der Waals surface area (Å²) in [5, 5.41) is 3.20. The van der Waals surface area contributed by atoms with Gasteiger partial charge in [-0.05, 0) is 31.9 Å². The van der Waals surface area contributed by atoms with Crippen LogP contribution in [0.4, 0.5) is 10.1 Å². The van der Waals surface area contributed by atoms with Crippen LogP contribution in [0.1, 0.15) is 24.8 Å².